The topological polar surface area (TPSA) is 87.1 Å². The molecular weight excluding hydrogens is 470 g/mol. The molecule has 6 nitrogen and oxygen atoms in total. The summed E-state index contributed by atoms with van der Waals surface area (Å²) in [4.78, 5) is 29.6. The summed E-state index contributed by atoms with van der Waals surface area (Å²) in [5.41, 5.74) is 4.41. The van der Waals surface area contributed by atoms with E-state index in [4.69, 9.17) is 0 Å². The lowest BCUT2D eigenvalue weighted by molar-refractivity contribution is 0.0880. The predicted molar refractivity (Wildman–Crippen MR) is 127 cm³/mol. The lowest BCUT2D eigenvalue weighted by atomic mass is 9.96. The molecule has 2 aliphatic rings. The van der Waals surface area contributed by atoms with E-state index in [1.54, 1.807) is 0 Å². The van der Waals surface area contributed by atoms with Crippen molar-refractivity contribution < 1.29 is 14.7 Å². The fraction of sp³-hybridized carbons (Fsp3) is 0.120. The number of nitrogens with one attached hydrogen (secondary N) is 2. The number of hydrogen-bond donors (Lipinski definition) is 3. The summed E-state index contributed by atoms with van der Waals surface area (Å²) >= 11 is 3.57. The maximum Gasteiger partial charge on any atom is 0.259 e. The summed E-state index contributed by atoms with van der Waals surface area (Å²) < 4.78 is 3.08. The van der Waals surface area contributed by atoms with Crippen LogP contribution >= 0.6 is 15.9 Å². The van der Waals surface area contributed by atoms with Crippen molar-refractivity contribution in [2.75, 3.05) is 0 Å². The molecule has 0 saturated heterocycles. The standard InChI is InChI=1S/C25H16BrN3O3/c26-11-5-8-17-15(9-11)19-21-20(24(31)28-25(21)32)18-14-3-1-2-4-16(14)27-22(18)23(19)29(17)12-6-7-13(30)10-12/h1-9,12-13,27,30H,10H2,(H,28,31,32)/t12?,13-/m1/s1. The van der Waals surface area contributed by atoms with Crippen molar-refractivity contribution in [3.05, 3.63) is 70.2 Å². The fourth-order valence-corrected chi connectivity index (χ4v) is 5.86. The number of H-pyrrole nitrogens is 1. The molecule has 5 aromatic rings. The molecule has 7 rings (SSSR count). The SMILES string of the molecule is O=C1NC(=O)c2c1c1c3ccccc3[nH]c1c1c2c2cc(Br)ccc2n1C1C=C[C@@H](O)C1. The summed E-state index contributed by atoms with van der Waals surface area (Å²) in [5, 5.41) is 16.1. The van der Waals surface area contributed by atoms with Crippen molar-refractivity contribution in [3.8, 4) is 0 Å². The molecule has 156 valence electrons. The molecular formula is C25H16BrN3O3. The smallest absolute Gasteiger partial charge is 0.259 e. The van der Waals surface area contributed by atoms with Crippen molar-refractivity contribution in [2.24, 2.45) is 0 Å². The van der Waals surface area contributed by atoms with E-state index in [0.717, 1.165) is 48.1 Å². The van der Waals surface area contributed by atoms with E-state index in [1.165, 1.54) is 0 Å². The Morgan fingerprint density at radius 1 is 0.969 bits per heavy atom. The second-order valence-electron chi connectivity index (χ2n) is 8.46. The van der Waals surface area contributed by atoms with Gasteiger partial charge in [0.05, 0.1) is 34.3 Å². The zero-order valence-corrected chi connectivity index (χ0v) is 18.2. The molecule has 0 fully saturated rings. The van der Waals surface area contributed by atoms with Gasteiger partial charge in [0, 0.05) is 43.5 Å². The van der Waals surface area contributed by atoms with Crippen molar-refractivity contribution in [3.63, 3.8) is 0 Å². The van der Waals surface area contributed by atoms with Crippen molar-refractivity contribution >= 4 is 71.4 Å². The fourth-order valence-electron chi connectivity index (χ4n) is 5.49. The number of aromatic amines is 1. The Hall–Kier alpha value is -3.42. The van der Waals surface area contributed by atoms with Crippen LogP contribution in [0.1, 0.15) is 33.2 Å². The van der Waals surface area contributed by atoms with E-state index in [9.17, 15) is 14.7 Å². The van der Waals surface area contributed by atoms with Crippen LogP contribution in [0.3, 0.4) is 0 Å². The zero-order valence-electron chi connectivity index (χ0n) is 16.6. The summed E-state index contributed by atoms with van der Waals surface area (Å²) in [6.45, 7) is 0. The highest BCUT2D eigenvalue weighted by atomic mass is 79.9. The molecule has 32 heavy (non-hydrogen) atoms. The largest absolute Gasteiger partial charge is 0.389 e. The number of carbonyl (C=O) groups is 2. The minimum Gasteiger partial charge on any atom is -0.389 e. The van der Waals surface area contributed by atoms with E-state index < -0.39 is 6.10 Å². The number of aliphatic hydroxyl groups excluding tert-OH is 1. The van der Waals surface area contributed by atoms with E-state index in [0.29, 0.717) is 17.5 Å². The van der Waals surface area contributed by atoms with Gasteiger partial charge in [-0.2, -0.15) is 0 Å². The van der Waals surface area contributed by atoms with Crippen LogP contribution < -0.4 is 5.32 Å². The van der Waals surface area contributed by atoms with Crippen LogP contribution in [0.25, 0.3) is 43.6 Å². The molecule has 2 amide bonds. The number of rotatable bonds is 1. The number of aliphatic hydroxyl groups is 1. The van der Waals surface area contributed by atoms with E-state index >= 15 is 0 Å². The number of aromatic nitrogens is 2. The second kappa shape index (κ2) is 6.09. The van der Waals surface area contributed by atoms with Gasteiger partial charge in [0.15, 0.2) is 0 Å². The lowest BCUT2D eigenvalue weighted by Crippen LogP contribution is -2.20. The van der Waals surface area contributed by atoms with Crippen LogP contribution in [0, 0.1) is 0 Å². The average Bonchev–Trinajstić information content (AvgIpc) is 3.50. The predicted octanol–water partition coefficient (Wildman–Crippen LogP) is 4.94. The lowest BCUT2D eigenvalue weighted by Gasteiger charge is -2.16. The van der Waals surface area contributed by atoms with E-state index in [1.807, 2.05) is 54.6 Å². The van der Waals surface area contributed by atoms with Gasteiger partial charge in [-0.1, -0.05) is 46.3 Å². The number of hydrogen-bond acceptors (Lipinski definition) is 3. The Morgan fingerprint density at radius 2 is 1.75 bits per heavy atom. The summed E-state index contributed by atoms with van der Waals surface area (Å²) in [6, 6.07) is 13.7. The Morgan fingerprint density at radius 3 is 2.53 bits per heavy atom. The van der Waals surface area contributed by atoms with Gasteiger partial charge in [0.1, 0.15) is 0 Å². The number of carbonyl (C=O) groups excluding carboxylic acids is 2. The molecule has 1 aliphatic heterocycles. The van der Waals surface area contributed by atoms with E-state index in [-0.39, 0.29) is 17.9 Å². The minimum atomic E-state index is -0.513. The van der Waals surface area contributed by atoms with Gasteiger partial charge in [-0.05, 0) is 24.3 Å². The van der Waals surface area contributed by atoms with Crippen LogP contribution in [0.15, 0.2) is 59.1 Å². The first-order chi connectivity index (χ1) is 15.5. The van der Waals surface area contributed by atoms with Crippen molar-refractivity contribution in [2.45, 2.75) is 18.6 Å². The number of para-hydroxylation sites is 1. The first kappa shape index (κ1) is 18.2. The third-order valence-corrected chi connectivity index (χ3v) is 7.20. The number of imide groups is 1. The van der Waals surface area contributed by atoms with Gasteiger partial charge in [0.25, 0.3) is 11.8 Å². The first-order valence-electron chi connectivity index (χ1n) is 10.4. The summed E-state index contributed by atoms with van der Waals surface area (Å²) in [6.07, 6.45) is 3.87. The van der Waals surface area contributed by atoms with Gasteiger partial charge in [-0.3, -0.25) is 14.9 Å². The van der Waals surface area contributed by atoms with Crippen molar-refractivity contribution in [1.82, 2.24) is 14.9 Å². The maximum atomic E-state index is 13.1. The monoisotopic (exact) mass is 485 g/mol. The third kappa shape index (κ3) is 2.17. The highest BCUT2D eigenvalue weighted by molar-refractivity contribution is 9.10. The Bertz CT molecular complexity index is 1710. The molecule has 2 aromatic heterocycles. The Labute approximate surface area is 189 Å². The average molecular weight is 486 g/mol. The summed E-state index contributed by atoms with van der Waals surface area (Å²) in [5.74, 6) is -0.739. The quantitative estimate of drug-likeness (QED) is 0.232. The molecule has 3 heterocycles. The third-order valence-electron chi connectivity index (χ3n) is 6.71. The number of amides is 2. The van der Waals surface area contributed by atoms with Gasteiger partial charge in [-0.15, -0.1) is 0 Å². The Balaban J connectivity index is 1.81. The van der Waals surface area contributed by atoms with Gasteiger partial charge >= 0.3 is 0 Å². The molecule has 3 aromatic carbocycles. The van der Waals surface area contributed by atoms with Crippen molar-refractivity contribution in [1.29, 1.82) is 0 Å². The van der Waals surface area contributed by atoms with Crippen LogP contribution in [0.4, 0.5) is 0 Å². The molecule has 0 bridgehead atoms. The minimum absolute atomic E-state index is 0.0704. The van der Waals surface area contributed by atoms with Crippen LogP contribution in [0.2, 0.25) is 0 Å². The molecule has 7 heteroatoms. The van der Waals surface area contributed by atoms with Gasteiger partial charge in [0.2, 0.25) is 0 Å². The number of halogens is 1. The first-order valence-corrected chi connectivity index (χ1v) is 11.2. The molecule has 0 saturated carbocycles. The molecule has 3 N–H and O–H groups in total. The van der Waals surface area contributed by atoms with Crippen LogP contribution in [-0.2, 0) is 0 Å². The van der Waals surface area contributed by atoms with Crippen LogP contribution in [-0.4, -0.2) is 32.6 Å². The molecule has 0 radical (unpaired) electrons. The summed E-state index contributed by atoms with van der Waals surface area (Å²) in [7, 11) is 0. The molecule has 2 atom stereocenters. The van der Waals surface area contributed by atoms with Crippen LogP contribution in [0.5, 0.6) is 0 Å². The second-order valence-corrected chi connectivity index (χ2v) is 9.38. The van der Waals surface area contributed by atoms with Gasteiger partial charge < -0.3 is 14.7 Å². The zero-order chi connectivity index (χ0) is 21.7. The maximum absolute atomic E-state index is 13.1. The normalized spacial score (nSPS) is 20.3. The highest BCUT2D eigenvalue weighted by Gasteiger charge is 2.36. The number of allylic oxidation sites excluding steroid dienone is 1. The number of fused-ring (bicyclic) bond motifs is 10. The van der Waals surface area contributed by atoms with E-state index in [2.05, 4.69) is 30.8 Å². The van der Waals surface area contributed by atoms with Gasteiger partial charge in [-0.25, -0.2) is 0 Å². The Kier molecular flexibility index (Phi) is 3.46. The molecule has 0 spiro atoms. The molecule has 1 aliphatic carbocycles. The highest BCUT2D eigenvalue weighted by Crippen LogP contribution is 2.46. The number of nitrogens with zero attached hydrogens (tertiary/aromatic N) is 1. The molecule has 1 unspecified atom stereocenters. The number of benzene rings is 3.